The van der Waals surface area contributed by atoms with Crippen molar-refractivity contribution in [3.8, 4) is 0 Å². The highest BCUT2D eigenvalue weighted by Crippen LogP contribution is 2.25. The highest BCUT2D eigenvalue weighted by Gasteiger charge is 2.39. The molecular weight excluding hydrogens is 204 g/mol. The van der Waals surface area contributed by atoms with Gasteiger partial charge in [0.2, 0.25) is 11.8 Å². The SMILES string of the molecule is CCCNC(=O)C1CC(=O)N(C(C)(C)C)C1. The number of nitrogens with zero attached hydrogens (tertiary/aromatic N) is 1. The quantitative estimate of drug-likeness (QED) is 0.785. The van der Waals surface area contributed by atoms with Crippen LogP contribution in [0.2, 0.25) is 0 Å². The topological polar surface area (TPSA) is 49.4 Å². The summed E-state index contributed by atoms with van der Waals surface area (Å²) in [6, 6.07) is 0. The maximum absolute atomic E-state index is 11.8. The van der Waals surface area contributed by atoms with E-state index in [-0.39, 0.29) is 23.3 Å². The third kappa shape index (κ3) is 2.97. The van der Waals surface area contributed by atoms with Crippen molar-refractivity contribution >= 4 is 11.8 Å². The Balaban J connectivity index is 2.56. The van der Waals surface area contributed by atoms with Crippen LogP contribution in [0.5, 0.6) is 0 Å². The van der Waals surface area contributed by atoms with Gasteiger partial charge in [0.15, 0.2) is 0 Å². The molecule has 2 amide bonds. The molecule has 92 valence electrons. The van der Waals surface area contributed by atoms with Gasteiger partial charge in [0.1, 0.15) is 0 Å². The van der Waals surface area contributed by atoms with Crippen LogP contribution in [0, 0.1) is 5.92 Å². The monoisotopic (exact) mass is 226 g/mol. The number of hydrogen-bond donors (Lipinski definition) is 1. The number of carbonyl (C=O) groups excluding carboxylic acids is 2. The van der Waals surface area contributed by atoms with Crippen LogP contribution in [-0.4, -0.2) is 35.3 Å². The summed E-state index contributed by atoms with van der Waals surface area (Å²) >= 11 is 0. The normalized spacial score (nSPS) is 21.4. The minimum absolute atomic E-state index is 0.0157. The fraction of sp³-hybridized carbons (Fsp3) is 0.833. The molecule has 0 saturated carbocycles. The molecule has 0 aliphatic carbocycles. The van der Waals surface area contributed by atoms with E-state index < -0.39 is 0 Å². The van der Waals surface area contributed by atoms with Crippen LogP contribution >= 0.6 is 0 Å². The van der Waals surface area contributed by atoms with E-state index in [1.807, 2.05) is 27.7 Å². The zero-order valence-corrected chi connectivity index (χ0v) is 10.7. The van der Waals surface area contributed by atoms with Gasteiger partial charge >= 0.3 is 0 Å². The molecule has 1 aliphatic heterocycles. The largest absolute Gasteiger partial charge is 0.356 e. The first-order valence-corrected chi connectivity index (χ1v) is 5.94. The average Bonchev–Trinajstić information content (AvgIpc) is 2.56. The van der Waals surface area contributed by atoms with E-state index in [9.17, 15) is 9.59 Å². The zero-order valence-electron chi connectivity index (χ0n) is 10.7. The Hall–Kier alpha value is -1.06. The molecule has 0 aromatic rings. The lowest BCUT2D eigenvalue weighted by atomic mass is 10.1. The van der Waals surface area contributed by atoms with Gasteiger partial charge in [0.05, 0.1) is 5.92 Å². The van der Waals surface area contributed by atoms with E-state index in [4.69, 9.17) is 0 Å². The summed E-state index contributed by atoms with van der Waals surface area (Å²) in [4.78, 5) is 25.3. The fourth-order valence-electron chi connectivity index (χ4n) is 1.92. The van der Waals surface area contributed by atoms with Crippen LogP contribution in [0.25, 0.3) is 0 Å². The molecule has 4 heteroatoms. The van der Waals surface area contributed by atoms with Gasteiger partial charge in [-0.1, -0.05) is 6.92 Å². The second-order valence-corrected chi connectivity index (χ2v) is 5.37. The third-order valence-corrected chi connectivity index (χ3v) is 2.85. The Morgan fingerprint density at radius 3 is 2.56 bits per heavy atom. The van der Waals surface area contributed by atoms with Gasteiger partial charge in [0, 0.05) is 25.0 Å². The molecular formula is C12H22N2O2. The number of nitrogens with one attached hydrogen (secondary N) is 1. The van der Waals surface area contributed by atoms with E-state index >= 15 is 0 Å². The lowest BCUT2D eigenvalue weighted by molar-refractivity contribution is -0.132. The molecule has 4 nitrogen and oxygen atoms in total. The maximum Gasteiger partial charge on any atom is 0.225 e. The molecule has 1 saturated heterocycles. The summed E-state index contributed by atoms with van der Waals surface area (Å²) in [5.41, 5.74) is -0.184. The highest BCUT2D eigenvalue weighted by atomic mass is 16.2. The zero-order chi connectivity index (χ0) is 12.3. The molecule has 1 fully saturated rings. The second-order valence-electron chi connectivity index (χ2n) is 5.37. The molecule has 16 heavy (non-hydrogen) atoms. The van der Waals surface area contributed by atoms with Crippen molar-refractivity contribution < 1.29 is 9.59 Å². The Morgan fingerprint density at radius 2 is 2.12 bits per heavy atom. The summed E-state index contributed by atoms with van der Waals surface area (Å²) in [7, 11) is 0. The van der Waals surface area contributed by atoms with Crippen LogP contribution in [0.3, 0.4) is 0 Å². The number of amides is 2. The van der Waals surface area contributed by atoms with E-state index in [0.29, 0.717) is 19.5 Å². The predicted molar refractivity (Wildman–Crippen MR) is 62.9 cm³/mol. The van der Waals surface area contributed by atoms with Crippen LogP contribution in [0.15, 0.2) is 0 Å². The van der Waals surface area contributed by atoms with Gasteiger partial charge in [-0.3, -0.25) is 9.59 Å². The van der Waals surface area contributed by atoms with Crippen molar-refractivity contribution in [2.75, 3.05) is 13.1 Å². The Kier molecular flexibility index (Phi) is 3.94. The second kappa shape index (κ2) is 4.85. The molecule has 0 radical (unpaired) electrons. The van der Waals surface area contributed by atoms with E-state index in [2.05, 4.69) is 5.32 Å². The number of likely N-dealkylation sites (tertiary alicyclic amines) is 1. The third-order valence-electron chi connectivity index (χ3n) is 2.85. The van der Waals surface area contributed by atoms with Gasteiger partial charge < -0.3 is 10.2 Å². The molecule has 1 N–H and O–H groups in total. The van der Waals surface area contributed by atoms with Crippen LogP contribution in [0.4, 0.5) is 0 Å². The van der Waals surface area contributed by atoms with E-state index in [1.165, 1.54) is 0 Å². The van der Waals surface area contributed by atoms with Gasteiger partial charge in [-0.15, -0.1) is 0 Å². The van der Waals surface area contributed by atoms with Gasteiger partial charge in [0.25, 0.3) is 0 Å². The molecule has 0 bridgehead atoms. The molecule has 1 rings (SSSR count). The first-order chi connectivity index (χ1) is 7.36. The van der Waals surface area contributed by atoms with Crippen LogP contribution in [0.1, 0.15) is 40.5 Å². The van der Waals surface area contributed by atoms with Crippen molar-refractivity contribution in [1.29, 1.82) is 0 Å². The summed E-state index contributed by atoms with van der Waals surface area (Å²) in [5, 5.41) is 2.85. The number of hydrogen-bond acceptors (Lipinski definition) is 2. The Labute approximate surface area is 97.4 Å². The molecule has 0 aromatic carbocycles. The standard InChI is InChI=1S/C12H22N2O2/c1-5-6-13-11(16)9-7-10(15)14(8-9)12(2,3)4/h9H,5-8H2,1-4H3,(H,13,16). The fourth-order valence-corrected chi connectivity index (χ4v) is 1.92. The van der Waals surface area contributed by atoms with Crippen molar-refractivity contribution in [2.24, 2.45) is 5.92 Å². The lowest BCUT2D eigenvalue weighted by Crippen LogP contribution is -2.43. The highest BCUT2D eigenvalue weighted by molar-refractivity contribution is 5.89. The molecule has 0 aromatic heterocycles. The molecule has 1 unspecified atom stereocenters. The Bertz CT molecular complexity index is 281. The van der Waals surface area contributed by atoms with Crippen molar-refractivity contribution in [3.05, 3.63) is 0 Å². The lowest BCUT2D eigenvalue weighted by Gasteiger charge is -2.31. The molecule has 1 atom stereocenters. The van der Waals surface area contributed by atoms with Crippen molar-refractivity contribution in [2.45, 2.75) is 46.1 Å². The molecule has 0 spiro atoms. The van der Waals surface area contributed by atoms with Gasteiger partial charge in [-0.25, -0.2) is 0 Å². The first-order valence-electron chi connectivity index (χ1n) is 5.94. The smallest absolute Gasteiger partial charge is 0.225 e. The average molecular weight is 226 g/mol. The van der Waals surface area contributed by atoms with Gasteiger partial charge in [-0.2, -0.15) is 0 Å². The van der Waals surface area contributed by atoms with Crippen molar-refractivity contribution in [3.63, 3.8) is 0 Å². The van der Waals surface area contributed by atoms with E-state index in [1.54, 1.807) is 4.90 Å². The van der Waals surface area contributed by atoms with Gasteiger partial charge in [-0.05, 0) is 27.2 Å². The number of carbonyl (C=O) groups is 2. The summed E-state index contributed by atoms with van der Waals surface area (Å²) in [6.45, 7) is 9.25. The van der Waals surface area contributed by atoms with Crippen LogP contribution in [-0.2, 0) is 9.59 Å². The Morgan fingerprint density at radius 1 is 1.50 bits per heavy atom. The van der Waals surface area contributed by atoms with E-state index in [0.717, 1.165) is 6.42 Å². The van der Waals surface area contributed by atoms with Crippen molar-refractivity contribution in [1.82, 2.24) is 10.2 Å². The molecule has 1 heterocycles. The predicted octanol–water partition coefficient (Wildman–Crippen LogP) is 1.16. The van der Waals surface area contributed by atoms with Crippen LogP contribution < -0.4 is 5.32 Å². The summed E-state index contributed by atoms with van der Waals surface area (Å²) in [5.74, 6) is -0.0654. The minimum Gasteiger partial charge on any atom is -0.356 e. The summed E-state index contributed by atoms with van der Waals surface area (Å²) < 4.78 is 0. The minimum atomic E-state index is -0.184. The summed E-state index contributed by atoms with van der Waals surface area (Å²) in [6.07, 6.45) is 1.28. The maximum atomic E-state index is 11.8. The number of rotatable bonds is 3. The molecule has 1 aliphatic rings. The first kappa shape index (κ1) is 13.0.